The van der Waals surface area contributed by atoms with E-state index in [4.69, 9.17) is 9.52 Å². The molecule has 4 aromatic rings. The minimum Gasteiger partial charge on any atom is -0.475 e. The molecular weight excluding hydrogens is 264 g/mol. The Kier molecular flexibility index (Phi) is 2.33. The van der Waals surface area contributed by atoms with Gasteiger partial charge < -0.3 is 9.52 Å². The van der Waals surface area contributed by atoms with E-state index in [1.807, 2.05) is 24.3 Å². The minimum atomic E-state index is -1.04. The third-order valence-electron chi connectivity index (χ3n) is 3.99. The molecule has 3 aromatic carbocycles. The maximum absolute atomic E-state index is 11.1. The lowest BCUT2D eigenvalue weighted by molar-refractivity contribution is 0.0665. The predicted octanol–water partition coefficient (Wildman–Crippen LogP) is 4.75. The summed E-state index contributed by atoms with van der Waals surface area (Å²) in [4.78, 5) is 11.1. The van der Waals surface area contributed by atoms with Gasteiger partial charge in [-0.25, -0.2) is 4.79 Å². The molecule has 1 heterocycles. The minimum absolute atomic E-state index is 0.0231. The first kappa shape index (κ1) is 12.0. The molecule has 3 heteroatoms. The molecule has 0 fully saturated rings. The molecule has 0 atom stereocenters. The first-order valence-electron chi connectivity index (χ1n) is 6.73. The second-order valence-electron chi connectivity index (χ2n) is 5.21. The number of aromatic carboxylic acids is 1. The summed E-state index contributed by atoms with van der Waals surface area (Å²) in [5.74, 6) is -1.07. The molecule has 0 bridgehead atoms. The van der Waals surface area contributed by atoms with Crippen LogP contribution in [0.1, 0.15) is 16.1 Å². The van der Waals surface area contributed by atoms with Crippen molar-refractivity contribution in [2.24, 2.45) is 0 Å². The maximum Gasteiger partial charge on any atom is 0.371 e. The van der Waals surface area contributed by atoms with Gasteiger partial charge in [0.05, 0.1) is 0 Å². The topological polar surface area (TPSA) is 50.4 Å². The van der Waals surface area contributed by atoms with Crippen LogP contribution in [0, 0.1) is 6.92 Å². The van der Waals surface area contributed by atoms with Crippen LogP contribution in [0.25, 0.3) is 32.5 Å². The summed E-state index contributed by atoms with van der Waals surface area (Å²) < 4.78 is 5.41. The summed E-state index contributed by atoms with van der Waals surface area (Å²) in [5, 5.41) is 14.5. The molecule has 21 heavy (non-hydrogen) atoms. The van der Waals surface area contributed by atoms with Crippen molar-refractivity contribution < 1.29 is 14.3 Å². The molecule has 3 nitrogen and oxygen atoms in total. The number of fused-ring (bicyclic) bond motifs is 4. The lowest BCUT2D eigenvalue weighted by Crippen LogP contribution is -1.91. The average molecular weight is 276 g/mol. The molecule has 0 radical (unpaired) electrons. The van der Waals surface area contributed by atoms with E-state index < -0.39 is 5.97 Å². The molecule has 0 saturated carbocycles. The molecule has 0 aliphatic heterocycles. The Morgan fingerprint density at radius 1 is 1.00 bits per heavy atom. The van der Waals surface area contributed by atoms with Crippen LogP contribution in [0.4, 0.5) is 0 Å². The Labute approximate surface area is 120 Å². The second-order valence-corrected chi connectivity index (χ2v) is 5.21. The van der Waals surface area contributed by atoms with Gasteiger partial charge in [0.15, 0.2) is 0 Å². The SMILES string of the molecule is Cc1c2ccccc2cc2ccc3oc(C(=O)O)cc3c12. The van der Waals surface area contributed by atoms with Crippen molar-refractivity contribution in [1.82, 2.24) is 0 Å². The molecule has 0 amide bonds. The quantitative estimate of drug-likeness (QED) is 0.510. The third-order valence-corrected chi connectivity index (χ3v) is 3.99. The van der Waals surface area contributed by atoms with E-state index in [1.165, 1.54) is 10.8 Å². The molecule has 1 N–H and O–H groups in total. The van der Waals surface area contributed by atoms with Crippen molar-refractivity contribution in [1.29, 1.82) is 0 Å². The number of rotatable bonds is 1. The zero-order valence-corrected chi connectivity index (χ0v) is 11.4. The molecule has 0 aliphatic rings. The fourth-order valence-corrected chi connectivity index (χ4v) is 3.04. The Morgan fingerprint density at radius 2 is 1.81 bits per heavy atom. The van der Waals surface area contributed by atoms with E-state index in [0.29, 0.717) is 5.58 Å². The van der Waals surface area contributed by atoms with Gasteiger partial charge in [-0.05, 0) is 52.2 Å². The Bertz CT molecular complexity index is 1020. The Hall–Kier alpha value is -2.81. The summed E-state index contributed by atoms with van der Waals surface area (Å²) in [6.07, 6.45) is 0. The van der Waals surface area contributed by atoms with E-state index in [0.717, 1.165) is 21.7 Å². The third kappa shape index (κ3) is 1.64. The number of carboxylic acids is 1. The molecule has 0 unspecified atom stereocenters. The van der Waals surface area contributed by atoms with E-state index in [9.17, 15) is 4.79 Å². The summed E-state index contributed by atoms with van der Waals surface area (Å²) in [7, 11) is 0. The van der Waals surface area contributed by atoms with Crippen LogP contribution in [-0.2, 0) is 0 Å². The van der Waals surface area contributed by atoms with Crippen LogP contribution in [0.3, 0.4) is 0 Å². The van der Waals surface area contributed by atoms with Crippen LogP contribution in [0.15, 0.2) is 52.9 Å². The summed E-state index contributed by atoms with van der Waals surface area (Å²) in [6, 6.07) is 15.8. The van der Waals surface area contributed by atoms with Gasteiger partial charge in [-0.15, -0.1) is 0 Å². The van der Waals surface area contributed by atoms with Crippen molar-refractivity contribution in [2.45, 2.75) is 6.92 Å². The number of aryl methyl sites for hydroxylation is 1. The van der Waals surface area contributed by atoms with Crippen LogP contribution >= 0.6 is 0 Å². The highest BCUT2D eigenvalue weighted by Gasteiger charge is 2.14. The van der Waals surface area contributed by atoms with Gasteiger partial charge in [-0.1, -0.05) is 30.3 Å². The monoisotopic (exact) mass is 276 g/mol. The van der Waals surface area contributed by atoms with Crippen molar-refractivity contribution in [3.8, 4) is 0 Å². The number of benzene rings is 3. The van der Waals surface area contributed by atoms with E-state index in [1.54, 1.807) is 6.07 Å². The van der Waals surface area contributed by atoms with E-state index in [2.05, 4.69) is 25.1 Å². The second kappa shape index (κ2) is 4.09. The van der Waals surface area contributed by atoms with Gasteiger partial charge in [0, 0.05) is 5.39 Å². The van der Waals surface area contributed by atoms with Crippen molar-refractivity contribution >= 4 is 38.5 Å². The largest absolute Gasteiger partial charge is 0.475 e. The summed E-state index contributed by atoms with van der Waals surface area (Å²) in [6.45, 7) is 2.07. The molecule has 1 aromatic heterocycles. The molecule has 0 saturated heterocycles. The van der Waals surface area contributed by atoms with Gasteiger partial charge in [-0.2, -0.15) is 0 Å². The number of hydrogen-bond donors (Lipinski definition) is 1. The van der Waals surface area contributed by atoms with Gasteiger partial charge in [0.1, 0.15) is 5.58 Å². The molecule has 4 rings (SSSR count). The number of furan rings is 1. The Morgan fingerprint density at radius 3 is 2.62 bits per heavy atom. The van der Waals surface area contributed by atoms with Gasteiger partial charge in [0.25, 0.3) is 0 Å². The molecule has 0 aliphatic carbocycles. The normalized spacial score (nSPS) is 11.5. The molecular formula is C18H12O3. The first-order valence-corrected chi connectivity index (χ1v) is 6.73. The fraction of sp³-hybridized carbons (Fsp3) is 0.0556. The number of hydrogen-bond acceptors (Lipinski definition) is 2. The van der Waals surface area contributed by atoms with Crippen molar-refractivity contribution in [3.05, 3.63) is 59.9 Å². The molecule has 0 spiro atoms. The van der Waals surface area contributed by atoms with E-state index >= 15 is 0 Å². The predicted molar refractivity (Wildman–Crippen MR) is 82.9 cm³/mol. The van der Waals surface area contributed by atoms with E-state index in [-0.39, 0.29) is 5.76 Å². The lowest BCUT2D eigenvalue weighted by Gasteiger charge is -2.08. The summed E-state index contributed by atoms with van der Waals surface area (Å²) in [5.41, 5.74) is 1.75. The standard InChI is InChI=1S/C18H12O3/c1-10-13-5-3-2-4-11(13)8-12-6-7-15-14(17(10)12)9-16(21-15)18(19)20/h2-9H,1H3,(H,19,20). The summed E-state index contributed by atoms with van der Waals surface area (Å²) >= 11 is 0. The van der Waals surface area contributed by atoms with Crippen molar-refractivity contribution in [2.75, 3.05) is 0 Å². The fourth-order valence-electron chi connectivity index (χ4n) is 3.04. The van der Waals surface area contributed by atoms with Gasteiger partial charge in [-0.3, -0.25) is 0 Å². The van der Waals surface area contributed by atoms with Crippen LogP contribution in [-0.4, -0.2) is 11.1 Å². The van der Waals surface area contributed by atoms with Crippen LogP contribution < -0.4 is 0 Å². The van der Waals surface area contributed by atoms with Gasteiger partial charge >= 0.3 is 5.97 Å². The van der Waals surface area contributed by atoms with Gasteiger partial charge in [0.2, 0.25) is 5.76 Å². The zero-order valence-electron chi connectivity index (χ0n) is 11.4. The first-order chi connectivity index (χ1) is 10.1. The zero-order chi connectivity index (χ0) is 14.6. The maximum atomic E-state index is 11.1. The number of carboxylic acid groups (broad SMARTS) is 1. The highest BCUT2D eigenvalue weighted by molar-refractivity contribution is 6.14. The van der Waals surface area contributed by atoms with Crippen molar-refractivity contribution in [3.63, 3.8) is 0 Å². The Balaban J connectivity index is 2.23. The number of carbonyl (C=O) groups is 1. The highest BCUT2D eigenvalue weighted by atomic mass is 16.4. The van der Waals surface area contributed by atoms with Crippen LogP contribution in [0.5, 0.6) is 0 Å². The molecule has 102 valence electrons. The van der Waals surface area contributed by atoms with Crippen LogP contribution in [0.2, 0.25) is 0 Å². The average Bonchev–Trinajstić information content (AvgIpc) is 2.91. The smallest absolute Gasteiger partial charge is 0.371 e. The highest BCUT2D eigenvalue weighted by Crippen LogP contribution is 2.34. The lowest BCUT2D eigenvalue weighted by atomic mass is 9.95.